The van der Waals surface area contributed by atoms with Gasteiger partial charge in [-0.3, -0.25) is 4.68 Å². The molecule has 0 unspecified atom stereocenters. The van der Waals surface area contributed by atoms with Crippen LogP contribution in [0.4, 0.5) is 0 Å². The first-order valence-electron chi connectivity index (χ1n) is 8.00. The topological polar surface area (TPSA) is 55.1 Å². The molecule has 0 saturated carbocycles. The second-order valence-electron chi connectivity index (χ2n) is 5.88. The maximum atomic E-state index is 11.3. The maximum Gasteiger partial charge on any atom is 0.335 e. The van der Waals surface area contributed by atoms with Crippen molar-refractivity contribution in [3.8, 4) is 0 Å². The Balaban J connectivity index is 1.82. The van der Waals surface area contributed by atoms with E-state index in [0.29, 0.717) is 6.54 Å². The smallest absolute Gasteiger partial charge is 0.335 e. The zero-order chi connectivity index (χ0) is 17.2. The average molecular weight is 348 g/mol. The number of aromatic carboxylic acids is 1. The Morgan fingerprint density at radius 2 is 1.92 bits per heavy atom. The Morgan fingerprint density at radius 1 is 1.08 bits per heavy atom. The van der Waals surface area contributed by atoms with E-state index >= 15 is 0 Å². The molecule has 25 heavy (non-hydrogen) atoms. The highest BCUT2D eigenvalue weighted by Gasteiger charge is 2.14. The van der Waals surface area contributed by atoms with Crippen LogP contribution >= 0.6 is 11.3 Å². The largest absolute Gasteiger partial charge is 0.478 e. The Morgan fingerprint density at radius 3 is 2.64 bits per heavy atom. The number of fused-ring (bicyclic) bond motifs is 1. The maximum absolute atomic E-state index is 11.3. The molecule has 0 aliphatic rings. The lowest BCUT2D eigenvalue weighted by Crippen LogP contribution is -2.06. The molecule has 0 amide bonds. The monoisotopic (exact) mass is 348 g/mol. The van der Waals surface area contributed by atoms with Gasteiger partial charge < -0.3 is 5.11 Å². The van der Waals surface area contributed by atoms with Crippen molar-refractivity contribution in [1.29, 1.82) is 0 Å². The number of nitrogens with zero attached hydrogens (tertiary/aromatic N) is 2. The third-order valence-electron chi connectivity index (χ3n) is 4.20. The van der Waals surface area contributed by atoms with Crippen molar-refractivity contribution in [2.24, 2.45) is 0 Å². The SMILES string of the molecule is O=C(O)c1ccc2c(Cc3ccccc3)n(Cc3cccs3)nc2c1. The summed E-state index contributed by atoms with van der Waals surface area (Å²) in [4.78, 5) is 12.5. The first-order chi connectivity index (χ1) is 12.2. The molecule has 2 heterocycles. The molecule has 0 atom stereocenters. The van der Waals surface area contributed by atoms with Crippen LogP contribution in [0.3, 0.4) is 0 Å². The molecule has 1 N–H and O–H groups in total. The molecule has 4 aromatic rings. The molecule has 0 bridgehead atoms. The normalized spacial score (nSPS) is 11.0. The third kappa shape index (κ3) is 3.19. The van der Waals surface area contributed by atoms with Crippen LogP contribution in [0.2, 0.25) is 0 Å². The molecule has 2 aromatic carbocycles. The van der Waals surface area contributed by atoms with Gasteiger partial charge in [-0.2, -0.15) is 5.10 Å². The first-order valence-corrected chi connectivity index (χ1v) is 8.88. The second-order valence-corrected chi connectivity index (χ2v) is 6.92. The highest BCUT2D eigenvalue weighted by molar-refractivity contribution is 7.09. The van der Waals surface area contributed by atoms with E-state index in [0.717, 1.165) is 23.0 Å². The van der Waals surface area contributed by atoms with Crippen LogP contribution in [0.25, 0.3) is 10.9 Å². The lowest BCUT2D eigenvalue weighted by Gasteiger charge is -2.07. The molecule has 0 spiro atoms. The van der Waals surface area contributed by atoms with Crippen LogP contribution in [-0.2, 0) is 13.0 Å². The fourth-order valence-electron chi connectivity index (χ4n) is 2.98. The number of carboxylic acids is 1. The summed E-state index contributed by atoms with van der Waals surface area (Å²) in [6.07, 6.45) is 0.759. The molecule has 0 saturated heterocycles. The van der Waals surface area contributed by atoms with E-state index in [4.69, 9.17) is 0 Å². The van der Waals surface area contributed by atoms with Gasteiger partial charge in [0.05, 0.1) is 23.3 Å². The van der Waals surface area contributed by atoms with Gasteiger partial charge >= 0.3 is 5.97 Å². The van der Waals surface area contributed by atoms with Gasteiger partial charge in [-0.05, 0) is 29.1 Å². The van der Waals surface area contributed by atoms with Gasteiger partial charge in [-0.25, -0.2) is 4.79 Å². The Hall–Kier alpha value is -2.92. The Bertz CT molecular complexity index is 1020. The number of carbonyl (C=O) groups is 1. The molecule has 4 nitrogen and oxygen atoms in total. The number of thiophene rings is 1. The number of hydrogen-bond donors (Lipinski definition) is 1. The van der Waals surface area contributed by atoms with Crippen molar-refractivity contribution < 1.29 is 9.90 Å². The zero-order valence-electron chi connectivity index (χ0n) is 13.4. The van der Waals surface area contributed by atoms with Crippen LogP contribution < -0.4 is 0 Å². The van der Waals surface area contributed by atoms with Crippen molar-refractivity contribution in [3.63, 3.8) is 0 Å². The minimum Gasteiger partial charge on any atom is -0.478 e. The zero-order valence-corrected chi connectivity index (χ0v) is 14.2. The van der Waals surface area contributed by atoms with Gasteiger partial charge in [0.1, 0.15) is 0 Å². The summed E-state index contributed by atoms with van der Waals surface area (Å²) >= 11 is 1.70. The summed E-state index contributed by atoms with van der Waals surface area (Å²) in [6, 6.07) is 19.5. The van der Waals surface area contributed by atoms with E-state index in [9.17, 15) is 9.90 Å². The molecule has 5 heteroatoms. The number of carboxylic acid groups (broad SMARTS) is 1. The van der Waals surface area contributed by atoms with Crippen LogP contribution in [0.15, 0.2) is 66.0 Å². The Labute approximate surface area is 149 Å². The van der Waals surface area contributed by atoms with Crippen molar-refractivity contribution >= 4 is 28.2 Å². The molecule has 0 fully saturated rings. The molecule has 0 aliphatic carbocycles. The number of benzene rings is 2. The van der Waals surface area contributed by atoms with Crippen LogP contribution in [0.5, 0.6) is 0 Å². The molecule has 2 aromatic heterocycles. The third-order valence-corrected chi connectivity index (χ3v) is 5.06. The summed E-state index contributed by atoms with van der Waals surface area (Å²) < 4.78 is 2.00. The summed E-state index contributed by atoms with van der Waals surface area (Å²) in [7, 11) is 0. The van der Waals surface area contributed by atoms with Crippen molar-refractivity contribution in [3.05, 3.63) is 87.7 Å². The second kappa shape index (κ2) is 6.53. The summed E-state index contributed by atoms with van der Waals surface area (Å²) in [5.41, 5.74) is 3.30. The van der Waals surface area contributed by atoms with E-state index in [1.165, 1.54) is 10.4 Å². The van der Waals surface area contributed by atoms with Crippen LogP contribution in [0, 0.1) is 0 Å². The highest BCUT2D eigenvalue weighted by atomic mass is 32.1. The first kappa shape index (κ1) is 15.6. The molecule has 0 radical (unpaired) electrons. The summed E-state index contributed by atoms with van der Waals surface area (Å²) in [5.74, 6) is -0.931. The number of rotatable bonds is 5. The van der Waals surface area contributed by atoms with Gasteiger partial charge in [0.2, 0.25) is 0 Å². The predicted molar refractivity (Wildman–Crippen MR) is 99.4 cm³/mol. The minimum absolute atomic E-state index is 0.263. The van der Waals surface area contributed by atoms with E-state index in [2.05, 4.69) is 28.7 Å². The van der Waals surface area contributed by atoms with Crippen molar-refractivity contribution in [2.75, 3.05) is 0 Å². The average Bonchev–Trinajstić information content (AvgIpc) is 3.24. The van der Waals surface area contributed by atoms with Crippen molar-refractivity contribution in [2.45, 2.75) is 13.0 Å². The minimum atomic E-state index is -0.931. The van der Waals surface area contributed by atoms with Crippen LogP contribution in [0.1, 0.15) is 26.5 Å². The van der Waals surface area contributed by atoms with E-state index < -0.39 is 5.97 Å². The lowest BCUT2D eigenvalue weighted by atomic mass is 10.1. The quantitative estimate of drug-likeness (QED) is 0.580. The standard InChI is InChI=1S/C20H16N2O2S/c23-20(24)15-8-9-17-18(12-15)21-22(13-16-7-4-10-25-16)19(17)11-14-5-2-1-3-6-14/h1-10,12H,11,13H2,(H,23,24). The molecular weight excluding hydrogens is 332 g/mol. The number of aromatic nitrogens is 2. The van der Waals surface area contributed by atoms with Gasteiger partial charge in [-0.15, -0.1) is 11.3 Å². The van der Waals surface area contributed by atoms with Gasteiger partial charge in [0, 0.05) is 16.7 Å². The lowest BCUT2D eigenvalue weighted by molar-refractivity contribution is 0.0697. The van der Waals surface area contributed by atoms with Gasteiger partial charge in [0.15, 0.2) is 0 Å². The predicted octanol–water partition coefficient (Wildman–Crippen LogP) is 4.44. The van der Waals surface area contributed by atoms with Crippen LogP contribution in [-0.4, -0.2) is 20.9 Å². The molecule has 0 aliphatic heterocycles. The summed E-state index contributed by atoms with van der Waals surface area (Å²) in [6.45, 7) is 0.691. The number of hydrogen-bond acceptors (Lipinski definition) is 3. The van der Waals surface area contributed by atoms with E-state index in [1.54, 1.807) is 23.5 Å². The van der Waals surface area contributed by atoms with Gasteiger partial charge in [0.25, 0.3) is 0 Å². The molecule has 4 rings (SSSR count). The van der Waals surface area contributed by atoms with E-state index in [1.807, 2.05) is 35.0 Å². The molecule has 124 valence electrons. The van der Waals surface area contributed by atoms with Gasteiger partial charge in [-0.1, -0.05) is 42.5 Å². The fourth-order valence-corrected chi connectivity index (χ4v) is 3.66. The fraction of sp³-hybridized carbons (Fsp3) is 0.100. The summed E-state index contributed by atoms with van der Waals surface area (Å²) in [5, 5.41) is 17.0. The van der Waals surface area contributed by atoms with Crippen molar-refractivity contribution in [1.82, 2.24) is 9.78 Å². The molecular formula is C20H16N2O2S. The van der Waals surface area contributed by atoms with E-state index in [-0.39, 0.29) is 5.56 Å². The highest BCUT2D eigenvalue weighted by Crippen LogP contribution is 2.24. The Kier molecular flexibility index (Phi) is 4.07.